The van der Waals surface area contributed by atoms with Crippen molar-refractivity contribution in [2.45, 2.75) is 25.8 Å². The highest BCUT2D eigenvalue weighted by Gasteiger charge is 2.28. The second-order valence-corrected chi connectivity index (χ2v) is 8.44. The molecule has 1 heterocycles. The van der Waals surface area contributed by atoms with E-state index in [0.717, 1.165) is 5.56 Å². The summed E-state index contributed by atoms with van der Waals surface area (Å²) in [4.78, 5) is 14.0. The Morgan fingerprint density at radius 1 is 1.35 bits per heavy atom. The number of anilines is 1. The van der Waals surface area contributed by atoms with Gasteiger partial charge in [-0.3, -0.25) is 0 Å². The number of hydrogen-bond acceptors (Lipinski definition) is 4. The molecule has 0 atom stereocenters. The zero-order chi connectivity index (χ0) is 17.2. The first-order valence-electron chi connectivity index (χ1n) is 7.32. The number of carbonyl (C=O) groups excluding carboxylic acids is 1. The Morgan fingerprint density at radius 2 is 1.96 bits per heavy atom. The summed E-state index contributed by atoms with van der Waals surface area (Å²) in [7, 11) is 0.232. The molecule has 0 radical (unpaired) electrons. The van der Waals surface area contributed by atoms with Crippen molar-refractivity contribution in [1.29, 1.82) is 0 Å². The molecule has 0 spiro atoms. The van der Waals surface area contributed by atoms with Crippen molar-refractivity contribution in [2.24, 2.45) is 0 Å². The van der Waals surface area contributed by atoms with Crippen molar-refractivity contribution in [3.63, 3.8) is 0 Å². The van der Waals surface area contributed by atoms with Crippen molar-refractivity contribution in [1.82, 2.24) is 4.90 Å². The molecule has 1 N–H and O–H groups in total. The number of nitrogens with zero attached hydrogens (tertiary/aromatic N) is 1. The lowest BCUT2D eigenvalue weighted by atomic mass is 10.1. The second-order valence-electron chi connectivity index (χ2n) is 5.73. The first-order chi connectivity index (χ1) is 10.7. The van der Waals surface area contributed by atoms with Gasteiger partial charge in [0.05, 0.1) is 24.3 Å². The Bertz CT molecular complexity index is 692. The molecule has 0 bridgehead atoms. The Hall–Kier alpha value is -1.47. The average Bonchev–Trinajstić information content (AvgIpc) is 2.50. The molecule has 6 nitrogen and oxygen atoms in total. The fourth-order valence-corrected chi connectivity index (χ4v) is 4.18. The predicted octanol–water partition coefficient (Wildman–Crippen LogP) is 2.70. The van der Waals surface area contributed by atoms with E-state index in [4.69, 9.17) is 16.3 Å². The molecule has 0 unspecified atom stereocenters. The quantitative estimate of drug-likeness (QED) is 0.899. The summed E-state index contributed by atoms with van der Waals surface area (Å²) in [6, 6.07) is 3.02. The van der Waals surface area contributed by atoms with Crippen molar-refractivity contribution < 1.29 is 17.9 Å². The zero-order valence-electron chi connectivity index (χ0n) is 13.4. The zero-order valence-corrected chi connectivity index (χ0v) is 15.0. The highest BCUT2D eigenvalue weighted by molar-refractivity contribution is 7.91. The van der Waals surface area contributed by atoms with Crippen molar-refractivity contribution >= 4 is 33.2 Å². The number of ether oxygens (including phenoxy) is 1. The van der Waals surface area contributed by atoms with Gasteiger partial charge in [0.25, 0.3) is 0 Å². The molecule has 2 rings (SSSR count). The van der Waals surface area contributed by atoms with Gasteiger partial charge in [-0.25, -0.2) is 13.2 Å². The summed E-state index contributed by atoms with van der Waals surface area (Å²) in [5.41, 5.74) is 1.36. The molecule has 0 saturated carbocycles. The van der Waals surface area contributed by atoms with Crippen LogP contribution in [0.5, 0.6) is 5.75 Å². The number of benzene rings is 1. The molecule has 23 heavy (non-hydrogen) atoms. The average molecular weight is 361 g/mol. The van der Waals surface area contributed by atoms with Crippen LogP contribution in [0.15, 0.2) is 12.1 Å². The Balaban J connectivity index is 2.08. The van der Waals surface area contributed by atoms with Crippen LogP contribution in [0, 0.1) is 6.92 Å². The van der Waals surface area contributed by atoms with Crippen LogP contribution < -0.4 is 10.1 Å². The summed E-state index contributed by atoms with van der Waals surface area (Å²) in [6.07, 6.45) is 0.923. The van der Waals surface area contributed by atoms with Crippen LogP contribution in [0.1, 0.15) is 18.4 Å². The molecule has 128 valence electrons. The van der Waals surface area contributed by atoms with E-state index in [1.807, 2.05) is 6.92 Å². The van der Waals surface area contributed by atoms with E-state index in [2.05, 4.69) is 5.32 Å². The summed E-state index contributed by atoms with van der Waals surface area (Å²) in [5, 5.41) is 3.36. The largest absolute Gasteiger partial charge is 0.495 e. The SMILES string of the molecule is COc1cc(Cl)c(C)cc1NC(=O)N(C)C1CCS(=O)(=O)CC1. The fourth-order valence-electron chi connectivity index (χ4n) is 2.56. The number of halogens is 1. The standard InChI is InChI=1S/C15H21ClN2O4S/c1-10-8-13(14(22-3)9-12(10)16)17-15(19)18(2)11-4-6-23(20,21)7-5-11/h8-9,11H,4-7H2,1-3H3,(H,17,19). The van der Waals surface area contributed by atoms with Gasteiger partial charge in [-0.05, 0) is 31.4 Å². The maximum absolute atomic E-state index is 12.4. The van der Waals surface area contributed by atoms with Gasteiger partial charge in [0.1, 0.15) is 15.6 Å². The maximum Gasteiger partial charge on any atom is 0.321 e. The molecule has 0 aromatic heterocycles. The lowest BCUT2D eigenvalue weighted by molar-refractivity contribution is 0.199. The highest BCUT2D eigenvalue weighted by Crippen LogP contribution is 2.31. The number of amides is 2. The lowest BCUT2D eigenvalue weighted by Gasteiger charge is -2.31. The highest BCUT2D eigenvalue weighted by atomic mass is 35.5. The minimum absolute atomic E-state index is 0.0853. The minimum Gasteiger partial charge on any atom is -0.495 e. The van der Waals surface area contributed by atoms with Crippen LogP contribution in [0.3, 0.4) is 0 Å². The van der Waals surface area contributed by atoms with E-state index in [0.29, 0.717) is 29.3 Å². The number of hydrogen-bond donors (Lipinski definition) is 1. The number of nitrogens with one attached hydrogen (secondary N) is 1. The molecule has 8 heteroatoms. The topological polar surface area (TPSA) is 75.7 Å². The first kappa shape index (κ1) is 17.9. The van der Waals surface area contributed by atoms with Gasteiger partial charge >= 0.3 is 6.03 Å². The van der Waals surface area contributed by atoms with Crippen LogP contribution in [0.25, 0.3) is 0 Å². The minimum atomic E-state index is -2.95. The van der Waals surface area contributed by atoms with E-state index in [1.54, 1.807) is 24.1 Å². The normalized spacial score (nSPS) is 17.6. The van der Waals surface area contributed by atoms with Gasteiger partial charge in [-0.15, -0.1) is 0 Å². The molecule has 1 aliphatic heterocycles. The first-order valence-corrected chi connectivity index (χ1v) is 9.52. The third-order valence-electron chi connectivity index (χ3n) is 4.11. The number of aryl methyl sites for hydroxylation is 1. The van der Waals surface area contributed by atoms with Crippen molar-refractivity contribution in [3.05, 3.63) is 22.7 Å². The van der Waals surface area contributed by atoms with Gasteiger partial charge in [0, 0.05) is 24.2 Å². The smallest absolute Gasteiger partial charge is 0.321 e. The maximum atomic E-state index is 12.4. The van der Waals surface area contributed by atoms with Crippen molar-refractivity contribution in [2.75, 3.05) is 31.0 Å². The number of carbonyl (C=O) groups is 1. The molecule has 2 amide bonds. The van der Waals surface area contributed by atoms with Gasteiger partial charge in [0.15, 0.2) is 0 Å². The van der Waals surface area contributed by atoms with E-state index >= 15 is 0 Å². The van der Waals surface area contributed by atoms with Crippen LogP contribution in [0.2, 0.25) is 5.02 Å². The van der Waals surface area contributed by atoms with Crippen LogP contribution in [-0.4, -0.2) is 51.1 Å². The molecule has 1 saturated heterocycles. The van der Waals surface area contributed by atoms with Gasteiger partial charge in [-0.2, -0.15) is 0 Å². The Morgan fingerprint density at radius 3 is 2.52 bits per heavy atom. The molecule has 0 aliphatic carbocycles. The Kier molecular flexibility index (Phi) is 5.41. The molecular weight excluding hydrogens is 340 g/mol. The van der Waals surface area contributed by atoms with Crippen LogP contribution in [0.4, 0.5) is 10.5 Å². The number of sulfone groups is 1. The molecule has 1 aliphatic rings. The summed E-state index contributed by atoms with van der Waals surface area (Å²) < 4.78 is 28.2. The van der Waals surface area contributed by atoms with Gasteiger partial charge in [-0.1, -0.05) is 11.6 Å². The van der Waals surface area contributed by atoms with Crippen molar-refractivity contribution in [3.8, 4) is 5.75 Å². The summed E-state index contributed by atoms with van der Waals surface area (Å²) in [5.74, 6) is 0.728. The van der Waals surface area contributed by atoms with E-state index in [-0.39, 0.29) is 23.6 Å². The second kappa shape index (κ2) is 6.97. The summed E-state index contributed by atoms with van der Waals surface area (Å²) >= 11 is 6.05. The summed E-state index contributed by atoms with van der Waals surface area (Å²) in [6.45, 7) is 1.84. The van der Waals surface area contributed by atoms with E-state index < -0.39 is 9.84 Å². The van der Waals surface area contributed by atoms with Gasteiger partial charge < -0.3 is 15.0 Å². The Labute approximate surface area is 141 Å². The monoisotopic (exact) mass is 360 g/mol. The number of urea groups is 1. The third-order valence-corrected chi connectivity index (χ3v) is 6.24. The number of rotatable bonds is 3. The molecule has 1 aromatic rings. The van der Waals surface area contributed by atoms with E-state index in [9.17, 15) is 13.2 Å². The van der Waals surface area contributed by atoms with E-state index in [1.165, 1.54) is 7.11 Å². The number of methoxy groups -OCH3 is 1. The molecule has 1 aromatic carbocycles. The molecular formula is C15H21ClN2O4S. The van der Waals surface area contributed by atoms with Crippen LogP contribution in [-0.2, 0) is 9.84 Å². The van der Waals surface area contributed by atoms with Crippen LogP contribution >= 0.6 is 11.6 Å². The third kappa shape index (κ3) is 4.29. The fraction of sp³-hybridized carbons (Fsp3) is 0.533. The molecule has 1 fully saturated rings. The van der Waals surface area contributed by atoms with Gasteiger partial charge in [0.2, 0.25) is 0 Å². The predicted molar refractivity (Wildman–Crippen MR) is 91.2 cm³/mol. The lowest BCUT2D eigenvalue weighted by Crippen LogP contribution is -2.44.